The van der Waals surface area contributed by atoms with E-state index >= 15 is 0 Å². The van der Waals surface area contributed by atoms with Gasteiger partial charge in [-0.15, -0.1) is 0 Å². The minimum atomic E-state index is 0.0553. The molecule has 108 valence electrons. The van der Waals surface area contributed by atoms with Crippen molar-refractivity contribution in [3.63, 3.8) is 0 Å². The van der Waals surface area contributed by atoms with E-state index in [4.69, 9.17) is 0 Å². The van der Waals surface area contributed by atoms with Crippen molar-refractivity contribution in [2.24, 2.45) is 0 Å². The van der Waals surface area contributed by atoms with Gasteiger partial charge < -0.3 is 20.4 Å². The summed E-state index contributed by atoms with van der Waals surface area (Å²) in [5.74, 6) is 0.0553. The van der Waals surface area contributed by atoms with Gasteiger partial charge in [0.25, 0.3) is 0 Å². The zero-order valence-corrected chi connectivity index (χ0v) is 13.1. The summed E-state index contributed by atoms with van der Waals surface area (Å²) in [6.45, 7) is 4.39. The first-order valence-corrected chi connectivity index (χ1v) is 7.67. The summed E-state index contributed by atoms with van der Waals surface area (Å²) >= 11 is 3.45. The highest BCUT2D eigenvalue weighted by Gasteiger charge is 2.26. The van der Waals surface area contributed by atoms with Crippen molar-refractivity contribution in [2.45, 2.75) is 6.04 Å². The molecule has 0 aliphatic carbocycles. The second-order valence-electron chi connectivity index (χ2n) is 5.50. The Labute approximate surface area is 127 Å². The van der Waals surface area contributed by atoms with Gasteiger partial charge in [0, 0.05) is 36.7 Å². The Balaban J connectivity index is 1.78. The molecule has 3 rings (SSSR count). The molecule has 2 N–H and O–H groups in total. The highest BCUT2D eigenvalue weighted by atomic mass is 79.9. The maximum absolute atomic E-state index is 11.9. The van der Waals surface area contributed by atoms with Crippen molar-refractivity contribution in [3.8, 4) is 0 Å². The fourth-order valence-electron chi connectivity index (χ4n) is 2.88. The topological polar surface area (TPSA) is 47.6 Å². The number of carbonyl (C=O) groups excluding carboxylic acids is 1. The minimum absolute atomic E-state index is 0.0553. The van der Waals surface area contributed by atoms with Gasteiger partial charge in [0.05, 0.1) is 17.9 Å². The molecular formula is C14H19BrN4O. The molecule has 6 heteroatoms. The number of amides is 1. The van der Waals surface area contributed by atoms with Gasteiger partial charge in [-0.05, 0) is 25.2 Å². The summed E-state index contributed by atoms with van der Waals surface area (Å²) in [6.07, 6.45) is 0. The van der Waals surface area contributed by atoms with Crippen LogP contribution in [-0.2, 0) is 4.79 Å². The molecule has 2 aliphatic rings. The van der Waals surface area contributed by atoms with E-state index < -0.39 is 0 Å². The molecule has 1 atom stereocenters. The minimum Gasteiger partial charge on any atom is -0.359 e. The Morgan fingerprint density at radius 2 is 2.30 bits per heavy atom. The number of fused-ring (bicyclic) bond motifs is 1. The second-order valence-corrected chi connectivity index (χ2v) is 6.42. The number of hydrogen-bond acceptors (Lipinski definition) is 4. The first-order valence-electron chi connectivity index (χ1n) is 6.88. The molecule has 5 nitrogen and oxygen atoms in total. The number of rotatable bonds is 2. The molecule has 1 fully saturated rings. The number of nitrogens with one attached hydrogen (secondary N) is 2. The Kier molecular flexibility index (Phi) is 3.96. The van der Waals surface area contributed by atoms with Crippen molar-refractivity contribution in [3.05, 3.63) is 22.7 Å². The third kappa shape index (κ3) is 2.97. The first kappa shape index (κ1) is 13.9. The van der Waals surface area contributed by atoms with Crippen LogP contribution in [0.4, 0.5) is 11.4 Å². The van der Waals surface area contributed by atoms with Crippen molar-refractivity contribution in [2.75, 3.05) is 50.0 Å². The van der Waals surface area contributed by atoms with Crippen LogP contribution >= 0.6 is 15.9 Å². The van der Waals surface area contributed by atoms with Gasteiger partial charge >= 0.3 is 0 Å². The van der Waals surface area contributed by atoms with Gasteiger partial charge in [0.15, 0.2) is 0 Å². The molecule has 1 unspecified atom stereocenters. The number of benzene rings is 1. The van der Waals surface area contributed by atoms with Crippen molar-refractivity contribution in [1.29, 1.82) is 0 Å². The molecule has 0 spiro atoms. The lowest BCUT2D eigenvalue weighted by Crippen LogP contribution is -2.55. The highest BCUT2D eigenvalue weighted by Crippen LogP contribution is 2.32. The van der Waals surface area contributed by atoms with Crippen LogP contribution in [0.3, 0.4) is 0 Å². The lowest BCUT2D eigenvalue weighted by Gasteiger charge is -2.37. The van der Waals surface area contributed by atoms with E-state index in [9.17, 15) is 4.79 Å². The summed E-state index contributed by atoms with van der Waals surface area (Å²) < 4.78 is 0.980. The van der Waals surface area contributed by atoms with Gasteiger partial charge in [-0.1, -0.05) is 15.9 Å². The van der Waals surface area contributed by atoms with Crippen LogP contribution in [0.25, 0.3) is 0 Å². The van der Waals surface area contributed by atoms with Crippen LogP contribution in [0.1, 0.15) is 0 Å². The fraction of sp³-hybridized carbons (Fsp3) is 0.500. The van der Waals surface area contributed by atoms with E-state index in [1.165, 1.54) is 0 Å². The second kappa shape index (κ2) is 5.71. The number of carbonyl (C=O) groups is 1. The average molecular weight is 339 g/mol. The molecule has 0 radical (unpaired) electrons. The third-order valence-corrected chi connectivity index (χ3v) is 4.30. The average Bonchev–Trinajstić information content (AvgIpc) is 2.37. The van der Waals surface area contributed by atoms with E-state index in [1.54, 1.807) is 0 Å². The predicted molar refractivity (Wildman–Crippen MR) is 84.3 cm³/mol. The molecule has 2 heterocycles. The number of halogens is 1. The van der Waals surface area contributed by atoms with Gasteiger partial charge in [-0.2, -0.15) is 0 Å². The quantitative estimate of drug-likeness (QED) is 0.848. The largest absolute Gasteiger partial charge is 0.359 e. The monoisotopic (exact) mass is 338 g/mol. The third-order valence-electron chi connectivity index (χ3n) is 3.81. The van der Waals surface area contributed by atoms with Crippen LogP contribution in [0.2, 0.25) is 0 Å². The van der Waals surface area contributed by atoms with Crippen LogP contribution in [0, 0.1) is 0 Å². The van der Waals surface area contributed by atoms with E-state index in [0.29, 0.717) is 12.6 Å². The van der Waals surface area contributed by atoms with Crippen molar-refractivity contribution < 1.29 is 4.79 Å². The molecule has 1 amide bonds. The molecule has 2 aliphatic heterocycles. The Bertz CT molecular complexity index is 522. The highest BCUT2D eigenvalue weighted by molar-refractivity contribution is 9.10. The summed E-state index contributed by atoms with van der Waals surface area (Å²) in [4.78, 5) is 16.3. The zero-order valence-electron chi connectivity index (χ0n) is 11.5. The summed E-state index contributed by atoms with van der Waals surface area (Å²) in [5, 5.41) is 6.46. The SMILES string of the molecule is CN1CCNC(CN2CC(=O)Nc3cc(Br)ccc32)C1. The Morgan fingerprint density at radius 1 is 1.45 bits per heavy atom. The number of anilines is 2. The van der Waals surface area contributed by atoms with E-state index in [2.05, 4.69) is 49.5 Å². The number of hydrogen-bond donors (Lipinski definition) is 2. The van der Waals surface area contributed by atoms with Crippen molar-refractivity contribution in [1.82, 2.24) is 10.2 Å². The molecule has 20 heavy (non-hydrogen) atoms. The van der Waals surface area contributed by atoms with Gasteiger partial charge in [-0.25, -0.2) is 0 Å². The lowest BCUT2D eigenvalue weighted by atomic mass is 10.1. The normalized spacial score (nSPS) is 23.4. The predicted octanol–water partition coefficient (Wildman–Crippen LogP) is 1.11. The van der Waals surface area contributed by atoms with Crippen LogP contribution < -0.4 is 15.5 Å². The van der Waals surface area contributed by atoms with Crippen LogP contribution in [0.5, 0.6) is 0 Å². The fourth-order valence-corrected chi connectivity index (χ4v) is 3.24. The van der Waals surface area contributed by atoms with Gasteiger partial charge in [0.2, 0.25) is 5.91 Å². The smallest absolute Gasteiger partial charge is 0.243 e. The summed E-state index contributed by atoms with van der Waals surface area (Å²) in [5.41, 5.74) is 1.99. The number of piperazine rings is 1. The number of nitrogens with zero attached hydrogens (tertiary/aromatic N) is 2. The standard InChI is InChI=1S/C14H19BrN4O/c1-18-5-4-16-11(7-18)8-19-9-14(20)17-12-6-10(15)2-3-13(12)19/h2-3,6,11,16H,4-5,7-9H2,1H3,(H,17,20). The molecule has 1 aromatic rings. The van der Waals surface area contributed by atoms with E-state index in [-0.39, 0.29) is 5.91 Å². The van der Waals surface area contributed by atoms with E-state index in [0.717, 1.165) is 42.0 Å². The molecule has 0 aromatic heterocycles. The van der Waals surface area contributed by atoms with Crippen LogP contribution in [-0.4, -0.2) is 56.6 Å². The summed E-state index contributed by atoms with van der Waals surface area (Å²) in [6, 6.07) is 6.44. The Hall–Kier alpha value is -1.11. The van der Waals surface area contributed by atoms with Crippen LogP contribution in [0.15, 0.2) is 22.7 Å². The van der Waals surface area contributed by atoms with Crippen molar-refractivity contribution >= 4 is 33.2 Å². The molecule has 0 bridgehead atoms. The molecule has 0 saturated carbocycles. The maximum Gasteiger partial charge on any atom is 0.243 e. The zero-order chi connectivity index (χ0) is 14.1. The first-order chi connectivity index (χ1) is 9.61. The molecular weight excluding hydrogens is 320 g/mol. The van der Waals surface area contributed by atoms with E-state index in [1.807, 2.05) is 12.1 Å². The van der Waals surface area contributed by atoms with Gasteiger partial charge in [0.1, 0.15) is 0 Å². The molecule has 1 aromatic carbocycles. The maximum atomic E-state index is 11.9. The Morgan fingerprint density at radius 3 is 3.10 bits per heavy atom. The molecule has 1 saturated heterocycles. The summed E-state index contributed by atoms with van der Waals surface area (Å²) in [7, 11) is 2.14. The number of likely N-dealkylation sites (N-methyl/N-ethyl adjacent to an activating group) is 1. The lowest BCUT2D eigenvalue weighted by molar-refractivity contribution is -0.115. The van der Waals surface area contributed by atoms with Gasteiger partial charge in [-0.3, -0.25) is 4.79 Å².